The van der Waals surface area contributed by atoms with E-state index in [9.17, 15) is 9.59 Å². The molecular formula is C23H21NO3. The summed E-state index contributed by atoms with van der Waals surface area (Å²) in [6.07, 6.45) is 0. The zero-order valence-electron chi connectivity index (χ0n) is 15.6. The van der Waals surface area contributed by atoms with E-state index in [1.807, 2.05) is 51.1 Å². The Hall–Kier alpha value is -3.40. The van der Waals surface area contributed by atoms with Gasteiger partial charge in [-0.05, 0) is 67.8 Å². The van der Waals surface area contributed by atoms with E-state index in [0.29, 0.717) is 22.6 Å². The van der Waals surface area contributed by atoms with Gasteiger partial charge >= 0.3 is 5.97 Å². The summed E-state index contributed by atoms with van der Waals surface area (Å²) in [7, 11) is 0. The number of hydrogen-bond donors (Lipinski definition) is 1. The van der Waals surface area contributed by atoms with Crippen LogP contribution in [0.4, 0.5) is 5.69 Å². The minimum absolute atomic E-state index is 0.166. The van der Waals surface area contributed by atoms with E-state index in [-0.39, 0.29) is 5.91 Å². The van der Waals surface area contributed by atoms with Gasteiger partial charge in [-0.1, -0.05) is 36.4 Å². The van der Waals surface area contributed by atoms with E-state index in [2.05, 4.69) is 5.32 Å². The zero-order valence-corrected chi connectivity index (χ0v) is 15.6. The van der Waals surface area contributed by atoms with Crippen molar-refractivity contribution in [1.82, 2.24) is 0 Å². The van der Waals surface area contributed by atoms with Gasteiger partial charge in [0.15, 0.2) is 0 Å². The summed E-state index contributed by atoms with van der Waals surface area (Å²) in [5, 5.41) is 2.91. The molecule has 0 radical (unpaired) electrons. The fourth-order valence-electron chi connectivity index (χ4n) is 2.82. The quantitative estimate of drug-likeness (QED) is 0.522. The van der Waals surface area contributed by atoms with Gasteiger partial charge < -0.3 is 10.1 Å². The Kier molecular flexibility index (Phi) is 5.36. The van der Waals surface area contributed by atoms with Crippen molar-refractivity contribution in [1.29, 1.82) is 0 Å². The topological polar surface area (TPSA) is 55.4 Å². The summed E-state index contributed by atoms with van der Waals surface area (Å²) in [5.41, 5.74) is 4.43. The van der Waals surface area contributed by atoms with Crippen molar-refractivity contribution in [2.45, 2.75) is 20.8 Å². The third-order valence-electron chi connectivity index (χ3n) is 4.41. The van der Waals surface area contributed by atoms with Gasteiger partial charge in [-0.15, -0.1) is 0 Å². The van der Waals surface area contributed by atoms with Crippen LogP contribution in [0.5, 0.6) is 5.75 Å². The molecule has 0 unspecified atom stereocenters. The standard InChI is InChI=1S/C23H21NO3/c1-15-8-4-6-10-19(15)22(25)24-21-13-12-18(14-17(21)3)27-23(26)20-11-7-5-9-16(20)2/h4-14H,1-3H3,(H,24,25). The molecule has 4 nitrogen and oxygen atoms in total. The van der Waals surface area contributed by atoms with Gasteiger partial charge in [0.25, 0.3) is 5.91 Å². The van der Waals surface area contributed by atoms with Crippen LogP contribution in [0.1, 0.15) is 37.4 Å². The average molecular weight is 359 g/mol. The van der Waals surface area contributed by atoms with Crippen molar-refractivity contribution in [2.24, 2.45) is 0 Å². The second kappa shape index (κ2) is 7.87. The number of carbonyl (C=O) groups excluding carboxylic acids is 2. The Morgan fingerprint density at radius 1 is 0.741 bits per heavy atom. The molecule has 3 aromatic rings. The lowest BCUT2D eigenvalue weighted by Crippen LogP contribution is -2.14. The Bertz CT molecular complexity index is 1010. The minimum Gasteiger partial charge on any atom is -0.423 e. The monoisotopic (exact) mass is 359 g/mol. The van der Waals surface area contributed by atoms with Gasteiger partial charge in [0.05, 0.1) is 5.56 Å². The van der Waals surface area contributed by atoms with E-state index in [1.165, 1.54) is 0 Å². The smallest absolute Gasteiger partial charge is 0.343 e. The van der Waals surface area contributed by atoms with Crippen LogP contribution in [0.2, 0.25) is 0 Å². The highest BCUT2D eigenvalue weighted by molar-refractivity contribution is 6.05. The van der Waals surface area contributed by atoms with Gasteiger partial charge in [0.2, 0.25) is 0 Å². The first kappa shape index (κ1) is 18.4. The number of esters is 1. The van der Waals surface area contributed by atoms with Gasteiger partial charge in [0.1, 0.15) is 5.75 Å². The Balaban J connectivity index is 1.74. The number of carbonyl (C=O) groups is 2. The van der Waals surface area contributed by atoms with Crippen molar-refractivity contribution in [3.8, 4) is 5.75 Å². The number of hydrogen-bond acceptors (Lipinski definition) is 3. The molecule has 3 rings (SSSR count). The molecular weight excluding hydrogens is 338 g/mol. The van der Waals surface area contributed by atoms with Gasteiger partial charge in [-0.25, -0.2) is 4.79 Å². The lowest BCUT2D eigenvalue weighted by atomic mass is 10.1. The van der Waals surface area contributed by atoms with Crippen LogP contribution >= 0.6 is 0 Å². The molecule has 3 aromatic carbocycles. The second-order valence-electron chi connectivity index (χ2n) is 6.45. The molecule has 0 aromatic heterocycles. The van der Waals surface area contributed by atoms with E-state index < -0.39 is 5.97 Å². The number of benzene rings is 3. The molecule has 136 valence electrons. The molecule has 0 aliphatic rings. The van der Waals surface area contributed by atoms with Crippen LogP contribution in [0.25, 0.3) is 0 Å². The van der Waals surface area contributed by atoms with Gasteiger partial charge in [-0.3, -0.25) is 4.79 Å². The third kappa shape index (κ3) is 4.23. The second-order valence-corrected chi connectivity index (χ2v) is 6.45. The molecule has 0 atom stereocenters. The lowest BCUT2D eigenvalue weighted by molar-refractivity contribution is 0.0733. The summed E-state index contributed by atoms with van der Waals surface area (Å²) in [6, 6.07) is 19.9. The van der Waals surface area contributed by atoms with Crippen molar-refractivity contribution in [3.05, 3.63) is 94.5 Å². The number of aryl methyl sites for hydroxylation is 3. The Morgan fingerprint density at radius 3 is 1.93 bits per heavy atom. The largest absolute Gasteiger partial charge is 0.423 e. The van der Waals surface area contributed by atoms with E-state index in [4.69, 9.17) is 4.74 Å². The number of anilines is 1. The molecule has 1 amide bonds. The third-order valence-corrected chi connectivity index (χ3v) is 4.41. The first-order chi connectivity index (χ1) is 13.0. The van der Waals surface area contributed by atoms with Crippen molar-refractivity contribution >= 4 is 17.6 Å². The molecule has 4 heteroatoms. The first-order valence-electron chi connectivity index (χ1n) is 8.71. The summed E-state index contributed by atoms with van der Waals surface area (Å²) < 4.78 is 5.47. The molecule has 1 N–H and O–H groups in total. The highest BCUT2D eigenvalue weighted by Gasteiger charge is 2.13. The maximum absolute atomic E-state index is 12.5. The summed E-state index contributed by atoms with van der Waals surface area (Å²) in [6.45, 7) is 5.63. The number of rotatable bonds is 4. The summed E-state index contributed by atoms with van der Waals surface area (Å²) in [4.78, 5) is 24.8. The lowest BCUT2D eigenvalue weighted by Gasteiger charge is -2.12. The maximum Gasteiger partial charge on any atom is 0.343 e. The van der Waals surface area contributed by atoms with E-state index in [0.717, 1.165) is 16.7 Å². The highest BCUT2D eigenvalue weighted by Crippen LogP contribution is 2.23. The Morgan fingerprint density at radius 2 is 1.33 bits per heavy atom. The molecule has 0 aliphatic carbocycles. The molecule has 27 heavy (non-hydrogen) atoms. The first-order valence-corrected chi connectivity index (χ1v) is 8.71. The predicted molar refractivity (Wildman–Crippen MR) is 106 cm³/mol. The van der Waals surface area contributed by atoms with Crippen LogP contribution < -0.4 is 10.1 Å². The molecule has 0 fully saturated rings. The maximum atomic E-state index is 12.5. The van der Waals surface area contributed by atoms with Crippen LogP contribution in [0, 0.1) is 20.8 Å². The average Bonchev–Trinajstić information content (AvgIpc) is 2.64. The number of amides is 1. The minimum atomic E-state index is -0.399. The van der Waals surface area contributed by atoms with Crippen LogP contribution in [-0.4, -0.2) is 11.9 Å². The van der Waals surface area contributed by atoms with Crippen LogP contribution in [0.15, 0.2) is 66.7 Å². The van der Waals surface area contributed by atoms with Gasteiger partial charge in [-0.2, -0.15) is 0 Å². The molecule has 0 saturated carbocycles. The molecule has 0 heterocycles. The molecule has 0 aliphatic heterocycles. The SMILES string of the molecule is Cc1cc(OC(=O)c2ccccc2C)ccc1NC(=O)c1ccccc1C. The fourth-order valence-corrected chi connectivity index (χ4v) is 2.82. The van der Waals surface area contributed by atoms with E-state index in [1.54, 1.807) is 36.4 Å². The highest BCUT2D eigenvalue weighted by atomic mass is 16.5. The van der Waals surface area contributed by atoms with Crippen molar-refractivity contribution in [3.63, 3.8) is 0 Å². The Labute approximate surface area is 158 Å². The summed E-state index contributed by atoms with van der Waals surface area (Å²) >= 11 is 0. The normalized spacial score (nSPS) is 10.3. The van der Waals surface area contributed by atoms with E-state index >= 15 is 0 Å². The fraction of sp³-hybridized carbons (Fsp3) is 0.130. The van der Waals surface area contributed by atoms with Crippen molar-refractivity contribution < 1.29 is 14.3 Å². The predicted octanol–water partition coefficient (Wildman–Crippen LogP) is 5.08. The number of nitrogens with one attached hydrogen (secondary N) is 1. The molecule has 0 spiro atoms. The molecule has 0 saturated heterocycles. The number of ether oxygens (including phenoxy) is 1. The van der Waals surface area contributed by atoms with Crippen LogP contribution in [-0.2, 0) is 0 Å². The summed E-state index contributed by atoms with van der Waals surface area (Å²) in [5.74, 6) is -0.125. The molecule has 0 bridgehead atoms. The van der Waals surface area contributed by atoms with Crippen LogP contribution in [0.3, 0.4) is 0 Å². The zero-order chi connectivity index (χ0) is 19.4. The van der Waals surface area contributed by atoms with Crippen molar-refractivity contribution in [2.75, 3.05) is 5.32 Å². The van der Waals surface area contributed by atoms with Gasteiger partial charge in [0, 0.05) is 11.3 Å².